The predicted octanol–water partition coefficient (Wildman–Crippen LogP) is 1.73. The monoisotopic (exact) mass is 402 g/mol. The van der Waals surface area contributed by atoms with Crippen molar-refractivity contribution in [2.45, 2.75) is 10.1 Å². The fraction of sp³-hybridized carbons (Fsp3) is 0. The zero-order valence-corrected chi connectivity index (χ0v) is 15.0. The third-order valence-corrected chi connectivity index (χ3v) is 4.78. The summed E-state index contributed by atoms with van der Waals surface area (Å²) in [7, 11) is -4.55. The van der Waals surface area contributed by atoms with Crippen LogP contribution < -0.4 is 5.32 Å². The quantitative estimate of drug-likeness (QED) is 0.369. The van der Waals surface area contributed by atoms with Gasteiger partial charge in [0.15, 0.2) is 0 Å². The Morgan fingerprint density at radius 2 is 2.00 bits per heavy atom. The van der Waals surface area contributed by atoms with Crippen molar-refractivity contribution in [1.29, 1.82) is 5.26 Å². The Hall–Kier alpha value is -3.27. The lowest BCUT2D eigenvalue weighted by Gasteiger charge is -2.10. The zero-order valence-electron chi connectivity index (χ0n) is 13.3. The van der Waals surface area contributed by atoms with Crippen LogP contribution in [-0.4, -0.2) is 39.1 Å². The summed E-state index contributed by atoms with van der Waals surface area (Å²) in [5.74, 6) is -0.719. The number of tetrazole rings is 1. The number of thiocyanates is 1. The Morgan fingerprint density at radius 3 is 2.74 bits per heavy atom. The van der Waals surface area contributed by atoms with Crippen molar-refractivity contribution in [3.8, 4) is 11.1 Å². The Labute approximate surface area is 157 Å². The van der Waals surface area contributed by atoms with E-state index in [4.69, 9.17) is 5.26 Å². The second-order valence-corrected chi connectivity index (χ2v) is 7.18. The van der Waals surface area contributed by atoms with Gasteiger partial charge in [0, 0.05) is 17.4 Å². The van der Waals surface area contributed by atoms with E-state index >= 15 is 0 Å². The van der Waals surface area contributed by atoms with Crippen LogP contribution in [0.1, 0.15) is 10.4 Å². The molecule has 1 amide bonds. The molecule has 136 valence electrons. The number of thioether (sulfide) groups is 1. The summed E-state index contributed by atoms with van der Waals surface area (Å²) in [6.07, 6.45) is 0. The fourth-order valence-electron chi connectivity index (χ4n) is 2.24. The maximum atomic E-state index is 12.5. The Kier molecular flexibility index (Phi) is 5.17. The summed E-state index contributed by atoms with van der Waals surface area (Å²) in [6.45, 7) is 0. The molecule has 0 saturated heterocycles. The number of aromatic nitrogens is 4. The van der Waals surface area contributed by atoms with E-state index < -0.39 is 20.9 Å². The number of carbonyl (C=O) groups is 1. The molecule has 1 heterocycles. The van der Waals surface area contributed by atoms with E-state index in [9.17, 15) is 17.8 Å². The Morgan fingerprint density at radius 1 is 1.22 bits per heavy atom. The summed E-state index contributed by atoms with van der Waals surface area (Å²) in [6, 6.07) is 11.7. The van der Waals surface area contributed by atoms with Crippen LogP contribution in [0, 0.1) is 10.7 Å². The summed E-state index contributed by atoms with van der Waals surface area (Å²) in [5.41, 5.74) is 0.623. The molecule has 0 saturated carbocycles. The van der Waals surface area contributed by atoms with Crippen LogP contribution >= 0.6 is 11.8 Å². The molecule has 10 nitrogen and oxygen atoms in total. The molecule has 12 heteroatoms. The lowest BCUT2D eigenvalue weighted by atomic mass is 10.2. The first-order valence-electron chi connectivity index (χ1n) is 7.23. The molecule has 0 bridgehead atoms. The van der Waals surface area contributed by atoms with Gasteiger partial charge in [-0.25, -0.2) is 0 Å². The second kappa shape index (κ2) is 7.54. The molecule has 0 atom stereocenters. The van der Waals surface area contributed by atoms with Gasteiger partial charge < -0.3 is 5.32 Å². The van der Waals surface area contributed by atoms with E-state index in [0.29, 0.717) is 11.4 Å². The van der Waals surface area contributed by atoms with Crippen LogP contribution in [-0.2, 0) is 10.1 Å². The van der Waals surface area contributed by atoms with Crippen LogP contribution in [0.15, 0.2) is 58.6 Å². The average molecular weight is 402 g/mol. The molecule has 0 spiro atoms. The molecule has 3 aromatic rings. The highest BCUT2D eigenvalue weighted by atomic mass is 32.2. The van der Waals surface area contributed by atoms with Gasteiger partial charge in [-0.1, -0.05) is 18.2 Å². The summed E-state index contributed by atoms with van der Waals surface area (Å²) >= 11 is 0.775. The van der Waals surface area contributed by atoms with E-state index in [-0.39, 0.29) is 10.7 Å². The molecule has 0 unspecified atom stereocenters. The molecule has 3 rings (SSSR count). The van der Waals surface area contributed by atoms with Crippen molar-refractivity contribution >= 4 is 33.5 Å². The molecular weight excluding hydrogens is 392 g/mol. The number of hydrogen-bond donors (Lipinski definition) is 2. The van der Waals surface area contributed by atoms with Gasteiger partial charge in [0.2, 0.25) is 5.16 Å². The number of benzene rings is 2. The van der Waals surface area contributed by atoms with Gasteiger partial charge in [-0.05, 0) is 40.8 Å². The molecule has 0 aliphatic carbocycles. The smallest absolute Gasteiger partial charge is 0.295 e. The van der Waals surface area contributed by atoms with Crippen LogP contribution in [0.5, 0.6) is 0 Å². The highest BCUT2D eigenvalue weighted by Crippen LogP contribution is 2.21. The minimum absolute atomic E-state index is 0.200. The van der Waals surface area contributed by atoms with Crippen molar-refractivity contribution in [3.63, 3.8) is 0 Å². The van der Waals surface area contributed by atoms with Crippen LogP contribution in [0.25, 0.3) is 5.69 Å². The van der Waals surface area contributed by atoms with Gasteiger partial charge in [-0.3, -0.25) is 9.35 Å². The zero-order chi connectivity index (χ0) is 19.4. The van der Waals surface area contributed by atoms with Gasteiger partial charge in [0.1, 0.15) is 10.3 Å². The molecular formula is C15H10N6O4S2. The first-order chi connectivity index (χ1) is 12.9. The predicted molar refractivity (Wildman–Crippen MR) is 94.8 cm³/mol. The average Bonchev–Trinajstić information content (AvgIpc) is 3.10. The van der Waals surface area contributed by atoms with E-state index in [1.54, 1.807) is 24.3 Å². The SMILES string of the molecule is N#CSc1nnnn1-c1cccc(NC(=O)c2ccccc2S(=O)(=O)O)c1. The van der Waals surface area contributed by atoms with E-state index in [1.807, 2.05) is 5.40 Å². The van der Waals surface area contributed by atoms with Crippen LogP contribution in [0.2, 0.25) is 0 Å². The number of hydrogen-bond acceptors (Lipinski definition) is 8. The highest BCUT2D eigenvalue weighted by molar-refractivity contribution is 8.03. The molecule has 0 radical (unpaired) electrons. The highest BCUT2D eigenvalue weighted by Gasteiger charge is 2.20. The lowest BCUT2D eigenvalue weighted by molar-refractivity contribution is 0.102. The first-order valence-corrected chi connectivity index (χ1v) is 9.48. The molecule has 0 aliphatic heterocycles. The summed E-state index contributed by atoms with van der Waals surface area (Å²) in [4.78, 5) is 12.0. The van der Waals surface area contributed by atoms with Gasteiger partial charge in [-0.15, -0.1) is 5.10 Å². The molecule has 0 aliphatic rings. The molecule has 1 aromatic heterocycles. The van der Waals surface area contributed by atoms with E-state index in [1.165, 1.54) is 22.9 Å². The standard InChI is InChI=1S/C15H10N6O4S2/c16-9-26-15-18-19-20-21(15)11-5-3-4-10(8-11)17-14(22)12-6-1-2-7-13(12)27(23,24)25/h1-8H,(H,17,22)(H,23,24,25). The van der Waals surface area contributed by atoms with Crippen molar-refractivity contribution in [1.82, 2.24) is 20.2 Å². The largest absolute Gasteiger partial charge is 0.322 e. The summed E-state index contributed by atoms with van der Waals surface area (Å²) < 4.78 is 33.5. The number of nitrogens with one attached hydrogen (secondary N) is 1. The fourth-order valence-corrected chi connectivity index (χ4v) is 3.31. The second-order valence-electron chi connectivity index (χ2n) is 5.04. The number of nitriles is 1. The normalized spacial score (nSPS) is 11.0. The van der Waals surface area contributed by atoms with Crippen molar-refractivity contribution in [3.05, 3.63) is 54.1 Å². The van der Waals surface area contributed by atoms with Gasteiger partial charge in [-0.2, -0.15) is 18.4 Å². The Balaban J connectivity index is 1.91. The lowest BCUT2D eigenvalue weighted by Crippen LogP contribution is -2.16. The van der Waals surface area contributed by atoms with Crippen molar-refractivity contribution in [2.75, 3.05) is 5.32 Å². The number of carbonyl (C=O) groups excluding carboxylic acids is 1. The molecule has 27 heavy (non-hydrogen) atoms. The number of amides is 1. The molecule has 2 aromatic carbocycles. The topological polar surface area (TPSA) is 151 Å². The molecule has 0 fully saturated rings. The van der Waals surface area contributed by atoms with Crippen molar-refractivity contribution in [2.24, 2.45) is 0 Å². The minimum atomic E-state index is -4.55. The minimum Gasteiger partial charge on any atom is -0.322 e. The number of rotatable bonds is 5. The van der Waals surface area contributed by atoms with Gasteiger partial charge in [0.25, 0.3) is 16.0 Å². The van der Waals surface area contributed by atoms with Crippen LogP contribution in [0.4, 0.5) is 5.69 Å². The van der Waals surface area contributed by atoms with E-state index in [0.717, 1.165) is 17.8 Å². The number of nitrogens with zero attached hydrogens (tertiary/aromatic N) is 5. The maximum absolute atomic E-state index is 12.5. The first kappa shape index (κ1) is 18.5. The van der Waals surface area contributed by atoms with Crippen molar-refractivity contribution < 1.29 is 17.8 Å². The maximum Gasteiger partial charge on any atom is 0.295 e. The summed E-state index contributed by atoms with van der Waals surface area (Å²) in [5, 5.41) is 24.5. The van der Waals surface area contributed by atoms with Gasteiger partial charge in [0.05, 0.1) is 11.3 Å². The number of anilines is 1. The third-order valence-electron chi connectivity index (χ3n) is 3.34. The molecule has 2 N–H and O–H groups in total. The van der Waals surface area contributed by atoms with E-state index in [2.05, 4.69) is 20.8 Å². The van der Waals surface area contributed by atoms with Crippen LogP contribution in [0.3, 0.4) is 0 Å². The third kappa shape index (κ3) is 4.11. The van der Waals surface area contributed by atoms with Gasteiger partial charge >= 0.3 is 0 Å². The Bertz CT molecular complexity index is 1150.